The molecule has 1 unspecified atom stereocenters. The van der Waals surface area contributed by atoms with Crippen LogP contribution in [0, 0.1) is 13.8 Å². The molecular weight excluding hydrogens is 446 g/mol. The number of carbonyl (C=O) groups is 1. The minimum atomic E-state index is 0.106. The quantitative estimate of drug-likeness (QED) is 0.305. The predicted octanol–water partition coefficient (Wildman–Crippen LogP) is 4.85. The van der Waals surface area contributed by atoms with E-state index in [2.05, 4.69) is 43.3 Å². The van der Waals surface area contributed by atoms with Gasteiger partial charge >= 0.3 is 0 Å². The number of hydrogen-bond donors (Lipinski definition) is 0. The number of benzene rings is 1. The molecule has 1 atom stereocenters. The van der Waals surface area contributed by atoms with E-state index in [0.29, 0.717) is 12.4 Å². The molecule has 1 aliphatic heterocycles. The van der Waals surface area contributed by atoms with E-state index in [9.17, 15) is 4.79 Å². The number of Topliss-reactive ketones (excluding diaryl/α,β-unsaturated/α-hetero) is 1. The fourth-order valence-electron chi connectivity index (χ4n) is 4.91. The number of ether oxygens (including phenoxy) is 1. The largest absolute Gasteiger partial charge is 0.383 e. The highest BCUT2D eigenvalue weighted by atomic mass is 32.2. The lowest BCUT2D eigenvalue weighted by Gasteiger charge is -2.26. The van der Waals surface area contributed by atoms with Gasteiger partial charge in [-0.05, 0) is 64.9 Å². The third-order valence-corrected chi connectivity index (χ3v) is 7.42. The lowest BCUT2D eigenvalue weighted by Crippen LogP contribution is -2.30. The molecule has 3 heterocycles. The zero-order chi connectivity index (χ0) is 24.1. The number of piperidine rings is 1. The molecule has 34 heavy (non-hydrogen) atoms. The Kier molecular flexibility index (Phi) is 8.24. The number of methoxy groups -OCH3 is 1. The van der Waals surface area contributed by atoms with Gasteiger partial charge in [-0.2, -0.15) is 0 Å². The Labute approximate surface area is 206 Å². The molecule has 0 aliphatic carbocycles. The van der Waals surface area contributed by atoms with Crippen molar-refractivity contribution >= 4 is 17.5 Å². The van der Waals surface area contributed by atoms with Crippen LogP contribution < -0.4 is 0 Å². The van der Waals surface area contributed by atoms with Gasteiger partial charge in [0.05, 0.1) is 24.9 Å². The van der Waals surface area contributed by atoms with Crippen LogP contribution in [0.1, 0.15) is 59.8 Å². The molecule has 1 aliphatic rings. The SMILES string of the molecule is COCC(C)n1c(C)cc(C(=O)CSc2nnc(CN3CCCCC3)n2-c2ccccc2)c1C. The second kappa shape index (κ2) is 11.3. The lowest BCUT2D eigenvalue weighted by atomic mass is 10.1. The number of nitrogens with zero attached hydrogens (tertiary/aromatic N) is 5. The molecule has 2 aromatic heterocycles. The molecule has 0 saturated carbocycles. The molecule has 182 valence electrons. The van der Waals surface area contributed by atoms with Crippen LogP contribution >= 0.6 is 11.8 Å². The molecule has 0 N–H and O–H groups in total. The van der Waals surface area contributed by atoms with E-state index in [0.717, 1.165) is 53.3 Å². The summed E-state index contributed by atoms with van der Waals surface area (Å²) >= 11 is 1.46. The summed E-state index contributed by atoms with van der Waals surface area (Å²) in [7, 11) is 1.70. The first-order valence-electron chi connectivity index (χ1n) is 12.0. The number of thioether (sulfide) groups is 1. The molecule has 0 radical (unpaired) electrons. The van der Waals surface area contributed by atoms with Crippen LogP contribution in [0.2, 0.25) is 0 Å². The van der Waals surface area contributed by atoms with Gasteiger partial charge in [0.2, 0.25) is 0 Å². The average Bonchev–Trinajstić information content (AvgIpc) is 3.38. The van der Waals surface area contributed by atoms with Crippen molar-refractivity contribution in [2.24, 2.45) is 0 Å². The Bertz CT molecular complexity index is 1100. The van der Waals surface area contributed by atoms with Crippen LogP contribution in [0.5, 0.6) is 0 Å². The fourth-order valence-corrected chi connectivity index (χ4v) is 5.77. The summed E-state index contributed by atoms with van der Waals surface area (Å²) in [5, 5.41) is 9.79. The number of hydrogen-bond acceptors (Lipinski definition) is 6. The summed E-state index contributed by atoms with van der Waals surface area (Å²) in [4.78, 5) is 15.7. The van der Waals surface area contributed by atoms with Crippen molar-refractivity contribution in [3.05, 3.63) is 59.2 Å². The highest BCUT2D eigenvalue weighted by Gasteiger charge is 2.22. The Hall–Kier alpha value is -2.42. The molecule has 0 bridgehead atoms. The second-order valence-electron chi connectivity index (χ2n) is 9.08. The van der Waals surface area contributed by atoms with Gasteiger partial charge in [-0.15, -0.1) is 10.2 Å². The van der Waals surface area contributed by atoms with Crippen molar-refractivity contribution in [1.29, 1.82) is 0 Å². The Morgan fingerprint density at radius 3 is 2.56 bits per heavy atom. The first-order valence-corrected chi connectivity index (χ1v) is 13.0. The summed E-state index contributed by atoms with van der Waals surface area (Å²) < 4.78 is 9.62. The number of aryl methyl sites for hydroxylation is 1. The van der Waals surface area contributed by atoms with Gasteiger partial charge in [-0.25, -0.2) is 0 Å². The van der Waals surface area contributed by atoms with Crippen LogP contribution in [0.4, 0.5) is 0 Å². The van der Waals surface area contributed by atoms with Gasteiger partial charge in [0.1, 0.15) is 0 Å². The lowest BCUT2D eigenvalue weighted by molar-refractivity contribution is 0.102. The summed E-state index contributed by atoms with van der Waals surface area (Å²) in [5.74, 6) is 1.35. The molecule has 1 aromatic carbocycles. The molecule has 1 fully saturated rings. The van der Waals surface area contributed by atoms with Crippen molar-refractivity contribution in [3.8, 4) is 5.69 Å². The number of aromatic nitrogens is 4. The number of likely N-dealkylation sites (tertiary alicyclic amines) is 1. The van der Waals surface area contributed by atoms with E-state index in [1.807, 2.05) is 38.1 Å². The number of rotatable bonds is 10. The Morgan fingerprint density at radius 1 is 1.12 bits per heavy atom. The number of carbonyl (C=O) groups excluding carboxylic acids is 1. The maximum absolute atomic E-state index is 13.2. The van der Waals surface area contributed by atoms with Crippen LogP contribution in [0.3, 0.4) is 0 Å². The van der Waals surface area contributed by atoms with Crippen molar-refractivity contribution in [3.63, 3.8) is 0 Å². The van der Waals surface area contributed by atoms with Gasteiger partial charge < -0.3 is 9.30 Å². The first kappa shape index (κ1) is 24.7. The first-order chi connectivity index (χ1) is 16.5. The van der Waals surface area contributed by atoms with Gasteiger partial charge in [0.25, 0.3) is 0 Å². The summed E-state index contributed by atoms with van der Waals surface area (Å²) in [6.45, 7) is 9.74. The van der Waals surface area contributed by atoms with Crippen molar-refractivity contribution < 1.29 is 9.53 Å². The molecule has 8 heteroatoms. The van der Waals surface area contributed by atoms with E-state index in [1.165, 1.54) is 31.0 Å². The minimum absolute atomic E-state index is 0.106. The van der Waals surface area contributed by atoms with Crippen LogP contribution in [0.25, 0.3) is 5.69 Å². The number of para-hydroxylation sites is 1. The maximum atomic E-state index is 13.2. The highest BCUT2D eigenvalue weighted by molar-refractivity contribution is 7.99. The number of ketones is 1. The standard InChI is InChI=1S/C26H35N5O2S/c1-19-15-23(21(3)30(19)20(2)17-33-4)24(32)18-34-26-28-27-25(16-29-13-9-6-10-14-29)31(26)22-11-7-5-8-12-22/h5,7-8,11-12,15,20H,6,9-10,13-14,16-18H2,1-4H3. The molecule has 1 saturated heterocycles. The molecule has 4 rings (SSSR count). The molecule has 3 aromatic rings. The normalized spacial score (nSPS) is 15.5. The fraction of sp³-hybridized carbons (Fsp3) is 0.500. The van der Waals surface area contributed by atoms with Crippen LogP contribution in [-0.4, -0.2) is 62.6 Å². The smallest absolute Gasteiger partial charge is 0.196 e. The summed E-state index contributed by atoms with van der Waals surface area (Å²) in [6.07, 6.45) is 3.77. The van der Waals surface area contributed by atoms with Crippen molar-refractivity contribution in [2.75, 3.05) is 32.6 Å². The monoisotopic (exact) mass is 481 g/mol. The topological polar surface area (TPSA) is 65.2 Å². The zero-order valence-electron chi connectivity index (χ0n) is 20.7. The van der Waals surface area contributed by atoms with Gasteiger partial charge in [-0.1, -0.05) is 36.4 Å². The van der Waals surface area contributed by atoms with Crippen LogP contribution in [-0.2, 0) is 11.3 Å². The predicted molar refractivity (Wildman–Crippen MR) is 136 cm³/mol. The highest BCUT2D eigenvalue weighted by Crippen LogP contribution is 2.26. The molecule has 0 spiro atoms. The third kappa shape index (κ3) is 5.45. The van der Waals surface area contributed by atoms with E-state index < -0.39 is 0 Å². The van der Waals surface area contributed by atoms with Crippen LogP contribution in [0.15, 0.2) is 41.6 Å². The second-order valence-corrected chi connectivity index (χ2v) is 10.0. The van der Waals surface area contributed by atoms with E-state index in [1.54, 1.807) is 7.11 Å². The minimum Gasteiger partial charge on any atom is -0.383 e. The summed E-state index contributed by atoms with van der Waals surface area (Å²) in [6, 6.07) is 12.4. The molecular formula is C26H35N5O2S. The van der Waals surface area contributed by atoms with E-state index in [-0.39, 0.29) is 11.8 Å². The Balaban J connectivity index is 1.54. The van der Waals surface area contributed by atoms with Crippen molar-refractivity contribution in [1.82, 2.24) is 24.2 Å². The van der Waals surface area contributed by atoms with Gasteiger partial charge in [0, 0.05) is 29.7 Å². The molecule has 0 amide bonds. The Morgan fingerprint density at radius 2 is 1.85 bits per heavy atom. The van der Waals surface area contributed by atoms with E-state index >= 15 is 0 Å². The summed E-state index contributed by atoms with van der Waals surface area (Å²) in [5.41, 5.74) is 3.86. The van der Waals surface area contributed by atoms with Gasteiger partial charge in [0.15, 0.2) is 16.8 Å². The van der Waals surface area contributed by atoms with E-state index in [4.69, 9.17) is 4.74 Å². The zero-order valence-corrected chi connectivity index (χ0v) is 21.5. The van der Waals surface area contributed by atoms with Crippen molar-refractivity contribution in [2.45, 2.75) is 57.8 Å². The molecule has 7 nitrogen and oxygen atoms in total. The maximum Gasteiger partial charge on any atom is 0.196 e. The average molecular weight is 482 g/mol. The third-order valence-electron chi connectivity index (χ3n) is 6.49. The van der Waals surface area contributed by atoms with Gasteiger partial charge in [-0.3, -0.25) is 14.3 Å².